The lowest BCUT2D eigenvalue weighted by Crippen LogP contribution is -2.44. The molecule has 1 fully saturated rings. The Morgan fingerprint density at radius 1 is 1.05 bits per heavy atom. The number of rotatable bonds is 5. The van der Waals surface area contributed by atoms with E-state index in [9.17, 15) is 9.59 Å². The van der Waals surface area contributed by atoms with Crippen molar-refractivity contribution in [2.24, 2.45) is 17.8 Å². The van der Waals surface area contributed by atoms with Crippen LogP contribution in [-0.4, -0.2) is 34.5 Å². The summed E-state index contributed by atoms with van der Waals surface area (Å²) in [5.74, 6) is -0.263. The van der Waals surface area contributed by atoms with Crippen molar-refractivity contribution in [3.63, 3.8) is 0 Å². The molecule has 1 saturated carbocycles. The maximum Gasteiger partial charge on any atom is 0.306 e. The van der Waals surface area contributed by atoms with Crippen LogP contribution in [-0.2, 0) is 9.59 Å². The molecule has 0 spiro atoms. The van der Waals surface area contributed by atoms with E-state index in [1.165, 1.54) is 0 Å². The summed E-state index contributed by atoms with van der Waals surface area (Å²) in [6, 6.07) is 0.215. The number of carbonyl (C=O) groups excluding carboxylic acids is 1. The molecule has 19 heavy (non-hydrogen) atoms. The van der Waals surface area contributed by atoms with E-state index in [1.54, 1.807) is 0 Å². The van der Waals surface area contributed by atoms with Gasteiger partial charge < -0.3 is 10.0 Å². The second-order valence-corrected chi connectivity index (χ2v) is 6.36. The molecule has 0 bridgehead atoms. The van der Waals surface area contributed by atoms with Crippen LogP contribution in [0.4, 0.5) is 0 Å². The number of nitrogens with zero attached hydrogens (tertiary/aromatic N) is 1. The van der Waals surface area contributed by atoms with E-state index >= 15 is 0 Å². The van der Waals surface area contributed by atoms with Crippen molar-refractivity contribution in [1.82, 2.24) is 4.90 Å². The molecule has 0 aromatic carbocycles. The Labute approximate surface area is 116 Å². The highest BCUT2D eigenvalue weighted by atomic mass is 16.4. The highest BCUT2D eigenvalue weighted by molar-refractivity contribution is 5.79. The van der Waals surface area contributed by atoms with Gasteiger partial charge in [-0.3, -0.25) is 9.59 Å². The normalized spacial score (nSPS) is 23.7. The maximum atomic E-state index is 12.5. The van der Waals surface area contributed by atoms with Crippen LogP contribution in [0.25, 0.3) is 0 Å². The number of hydrogen-bond donors (Lipinski definition) is 1. The fraction of sp³-hybridized carbons (Fsp3) is 0.867. The van der Waals surface area contributed by atoms with Gasteiger partial charge in [-0.15, -0.1) is 0 Å². The Morgan fingerprint density at radius 3 is 1.89 bits per heavy atom. The summed E-state index contributed by atoms with van der Waals surface area (Å²) in [5, 5.41) is 8.98. The summed E-state index contributed by atoms with van der Waals surface area (Å²) < 4.78 is 0. The van der Waals surface area contributed by atoms with Gasteiger partial charge in [0.2, 0.25) is 5.91 Å². The number of carboxylic acids is 1. The lowest BCUT2D eigenvalue weighted by Gasteiger charge is -2.34. The van der Waals surface area contributed by atoms with Gasteiger partial charge in [0, 0.05) is 18.5 Å². The Balaban J connectivity index is 2.59. The number of hydrogen-bond acceptors (Lipinski definition) is 2. The number of aliphatic carboxylic acids is 1. The standard InChI is InChI=1S/C15H27NO3/c1-10(2)9-16(11(3)4)14(17)12-5-7-13(8-6-12)15(18)19/h10-13H,5-9H2,1-4H3,(H,18,19). The van der Waals surface area contributed by atoms with Crippen LogP contribution in [0.15, 0.2) is 0 Å². The first-order valence-electron chi connectivity index (χ1n) is 7.36. The molecular formula is C15H27NO3. The first-order valence-corrected chi connectivity index (χ1v) is 7.36. The van der Waals surface area contributed by atoms with Gasteiger partial charge in [-0.05, 0) is 45.4 Å². The Kier molecular flexibility index (Phi) is 5.83. The summed E-state index contributed by atoms with van der Waals surface area (Å²) in [6.45, 7) is 9.11. The fourth-order valence-electron chi connectivity index (χ4n) is 2.77. The molecule has 110 valence electrons. The molecule has 1 amide bonds. The summed E-state index contributed by atoms with van der Waals surface area (Å²) in [7, 11) is 0. The lowest BCUT2D eigenvalue weighted by atomic mass is 9.81. The van der Waals surface area contributed by atoms with E-state index in [2.05, 4.69) is 13.8 Å². The van der Waals surface area contributed by atoms with E-state index in [-0.39, 0.29) is 23.8 Å². The van der Waals surface area contributed by atoms with Gasteiger partial charge in [0.25, 0.3) is 0 Å². The minimum Gasteiger partial charge on any atom is -0.481 e. The van der Waals surface area contributed by atoms with Crippen molar-refractivity contribution < 1.29 is 14.7 Å². The third kappa shape index (κ3) is 4.51. The predicted octanol–water partition coefficient (Wildman–Crippen LogP) is 2.77. The van der Waals surface area contributed by atoms with Crippen LogP contribution in [0.2, 0.25) is 0 Å². The van der Waals surface area contributed by atoms with Gasteiger partial charge in [-0.2, -0.15) is 0 Å². The van der Waals surface area contributed by atoms with Gasteiger partial charge in [0.1, 0.15) is 0 Å². The minimum atomic E-state index is -0.714. The molecule has 1 aliphatic rings. The Morgan fingerprint density at radius 2 is 1.53 bits per heavy atom. The lowest BCUT2D eigenvalue weighted by molar-refractivity contribution is -0.146. The first-order chi connectivity index (χ1) is 8.82. The van der Waals surface area contributed by atoms with Crippen molar-refractivity contribution >= 4 is 11.9 Å². The van der Waals surface area contributed by atoms with Gasteiger partial charge in [0.15, 0.2) is 0 Å². The molecule has 0 atom stereocenters. The summed E-state index contributed by atoms with van der Waals surface area (Å²) >= 11 is 0. The summed E-state index contributed by atoms with van der Waals surface area (Å²) in [5.41, 5.74) is 0. The van der Waals surface area contributed by atoms with Crippen molar-refractivity contribution in [3.8, 4) is 0 Å². The number of carbonyl (C=O) groups is 2. The molecule has 0 aliphatic heterocycles. The second kappa shape index (κ2) is 6.92. The Hall–Kier alpha value is -1.06. The van der Waals surface area contributed by atoms with E-state index in [1.807, 2.05) is 18.7 Å². The third-order valence-electron chi connectivity index (χ3n) is 3.89. The summed E-state index contributed by atoms with van der Waals surface area (Å²) in [6.07, 6.45) is 2.72. The van der Waals surface area contributed by atoms with E-state index in [0.29, 0.717) is 18.8 Å². The molecule has 0 heterocycles. The molecule has 0 saturated heterocycles. The molecule has 1 N–H and O–H groups in total. The molecule has 0 aromatic heterocycles. The minimum absolute atomic E-state index is 0.0248. The molecule has 4 heteroatoms. The number of amides is 1. The topological polar surface area (TPSA) is 57.6 Å². The molecule has 0 unspecified atom stereocenters. The maximum absolute atomic E-state index is 12.5. The third-order valence-corrected chi connectivity index (χ3v) is 3.89. The van der Waals surface area contributed by atoms with Crippen LogP contribution in [0, 0.1) is 17.8 Å². The van der Waals surface area contributed by atoms with Crippen LogP contribution in [0.5, 0.6) is 0 Å². The molecule has 0 aromatic rings. The van der Waals surface area contributed by atoms with Gasteiger partial charge >= 0.3 is 5.97 Å². The van der Waals surface area contributed by atoms with E-state index in [4.69, 9.17) is 5.11 Å². The van der Waals surface area contributed by atoms with Gasteiger partial charge in [-0.25, -0.2) is 0 Å². The van der Waals surface area contributed by atoms with Gasteiger partial charge in [-0.1, -0.05) is 13.8 Å². The van der Waals surface area contributed by atoms with Crippen LogP contribution in [0.3, 0.4) is 0 Å². The molecule has 1 rings (SSSR count). The first kappa shape index (κ1) is 16.0. The van der Waals surface area contributed by atoms with E-state index in [0.717, 1.165) is 19.4 Å². The highest BCUT2D eigenvalue weighted by Crippen LogP contribution is 2.30. The smallest absolute Gasteiger partial charge is 0.306 e. The average molecular weight is 269 g/mol. The predicted molar refractivity (Wildman–Crippen MR) is 74.8 cm³/mol. The Bertz CT molecular complexity index is 317. The average Bonchev–Trinajstić information content (AvgIpc) is 2.34. The van der Waals surface area contributed by atoms with Crippen molar-refractivity contribution in [2.45, 2.75) is 59.4 Å². The summed E-state index contributed by atoms with van der Waals surface area (Å²) in [4.78, 5) is 25.4. The molecule has 1 aliphatic carbocycles. The zero-order valence-corrected chi connectivity index (χ0v) is 12.6. The van der Waals surface area contributed by atoms with Crippen LogP contribution >= 0.6 is 0 Å². The SMILES string of the molecule is CC(C)CN(C(=O)C1CCC(C(=O)O)CC1)C(C)C. The largest absolute Gasteiger partial charge is 0.481 e. The van der Waals surface area contributed by atoms with Gasteiger partial charge in [0.05, 0.1) is 5.92 Å². The molecule has 4 nitrogen and oxygen atoms in total. The zero-order chi connectivity index (χ0) is 14.6. The quantitative estimate of drug-likeness (QED) is 0.835. The highest BCUT2D eigenvalue weighted by Gasteiger charge is 2.32. The number of carboxylic acid groups (broad SMARTS) is 1. The van der Waals surface area contributed by atoms with Crippen molar-refractivity contribution in [2.75, 3.05) is 6.54 Å². The van der Waals surface area contributed by atoms with Crippen molar-refractivity contribution in [1.29, 1.82) is 0 Å². The monoisotopic (exact) mass is 269 g/mol. The molecule has 0 radical (unpaired) electrons. The van der Waals surface area contributed by atoms with Crippen molar-refractivity contribution in [3.05, 3.63) is 0 Å². The van der Waals surface area contributed by atoms with E-state index < -0.39 is 5.97 Å². The second-order valence-electron chi connectivity index (χ2n) is 6.36. The fourth-order valence-corrected chi connectivity index (χ4v) is 2.77. The molecular weight excluding hydrogens is 242 g/mol. The van der Waals surface area contributed by atoms with Crippen LogP contribution < -0.4 is 0 Å². The van der Waals surface area contributed by atoms with Crippen LogP contribution in [0.1, 0.15) is 53.4 Å². The zero-order valence-electron chi connectivity index (χ0n) is 12.6.